The lowest BCUT2D eigenvalue weighted by atomic mass is 10.1. The Labute approximate surface area is 173 Å². The zero-order valence-corrected chi connectivity index (χ0v) is 17.9. The highest BCUT2D eigenvalue weighted by Crippen LogP contribution is 2.28. The molecule has 1 heterocycles. The smallest absolute Gasteiger partial charge is 0.230 e. The molecule has 1 aromatic heterocycles. The normalized spacial score (nSPS) is 10.8. The van der Waals surface area contributed by atoms with Gasteiger partial charge in [-0.1, -0.05) is 53.2 Å². The minimum Gasteiger partial charge on any atom is -0.326 e. The predicted octanol–water partition coefficient (Wildman–Crippen LogP) is 6.20. The van der Waals surface area contributed by atoms with Gasteiger partial charge in [-0.2, -0.15) is 0 Å². The number of carbonyl (C=O) groups excluding carboxylic acids is 1. The first kappa shape index (κ1) is 19.9. The van der Waals surface area contributed by atoms with Gasteiger partial charge in [0.25, 0.3) is 0 Å². The molecule has 3 aromatic rings. The summed E-state index contributed by atoms with van der Waals surface area (Å²) in [5.74, 6) is 0.792. The maximum absolute atomic E-state index is 12.3. The van der Waals surface area contributed by atoms with E-state index in [1.165, 1.54) is 16.7 Å². The summed E-state index contributed by atoms with van der Waals surface area (Å²) in [6.07, 6.45) is 0.256. The zero-order valence-electron chi connectivity index (χ0n) is 15.5. The first-order valence-corrected chi connectivity index (χ1v) is 10.8. The molecule has 0 spiro atoms. The van der Waals surface area contributed by atoms with Crippen molar-refractivity contribution in [2.24, 2.45) is 0 Å². The molecule has 3 nitrogen and oxygen atoms in total. The van der Waals surface area contributed by atoms with Crippen LogP contribution in [0.1, 0.15) is 27.9 Å². The van der Waals surface area contributed by atoms with Crippen LogP contribution in [0.2, 0.25) is 5.02 Å². The molecule has 27 heavy (non-hydrogen) atoms. The molecule has 1 amide bonds. The van der Waals surface area contributed by atoms with Crippen molar-refractivity contribution in [2.75, 3.05) is 5.32 Å². The van der Waals surface area contributed by atoms with E-state index in [4.69, 9.17) is 11.6 Å². The van der Waals surface area contributed by atoms with Gasteiger partial charge in [-0.3, -0.25) is 4.79 Å². The second-order valence-electron chi connectivity index (χ2n) is 6.51. The highest BCUT2D eigenvalue weighted by atomic mass is 35.5. The fourth-order valence-corrected chi connectivity index (χ4v) is 4.66. The fraction of sp³-hybridized carbons (Fsp3) is 0.238. The highest BCUT2D eigenvalue weighted by molar-refractivity contribution is 8.00. The van der Waals surface area contributed by atoms with Gasteiger partial charge in [0.1, 0.15) is 4.34 Å². The van der Waals surface area contributed by atoms with Crippen LogP contribution in [0.4, 0.5) is 5.69 Å². The van der Waals surface area contributed by atoms with Crippen molar-refractivity contribution in [3.05, 3.63) is 74.7 Å². The van der Waals surface area contributed by atoms with Crippen LogP contribution in [0.5, 0.6) is 0 Å². The lowest BCUT2D eigenvalue weighted by molar-refractivity contribution is -0.115. The average Bonchev–Trinajstić information content (AvgIpc) is 3.06. The Bertz CT molecular complexity index is 969. The topological polar surface area (TPSA) is 42.0 Å². The molecule has 0 bridgehead atoms. The lowest BCUT2D eigenvalue weighted by Crippen LogP contribution is -2.14. The van der Waals surface area contributed by atoms with Gasteiger partial charge in [-0.05, 0) is 49.6 Å². The second-order valence-corrected chi connectivity index (χ2v) is 9.00. The first-order valence-electron chi connectivity index (χ1n) is 8.60. The number of hydrogen-bond donors (Lipinski definition) is 1. The van der Waals surface area contributed by atoms with Crippen LogP contribution >= 0.6 is 34.7 Å². The van der Waals surface area contributed by atoms with Gasteiger partial charge >= 0.3 is 0 Å². The Morgan fingerprint density at radius 2 is 1.93 bits per heavy atom. The minimum atomic E-state index is -0.0914. The van der Waals surface area contributed by atoms with Crippen molar-refractivity contribution < 1.29 is 4.79 Å². The lowest BCUT2D eigenvalue weighted by Gasteiger charge is -2.06. The maximum atomic E-state index is 12.3. The zero-order chi connectivity index (χ0) is 19.4. The number of rotatable bonds is 6. The molecule has 0 saturated carbocycles. The van der Waals surface area contributed by atoms with Gasteiger partial charge in [-0.25, -0.2) is 4.98 Å². The Hall–Kier alpha value is -1.82. The molecule has 0 aliphatic heterocycles. The van der Waals surface area contributed by atoms with Crippen LogP contribution < -0.4 is 5.32 Å². The second kappa shape index (κ2) is 8.91. The number of amides is 1. The summed E-state index contributed by atoms with van der Waals surface area (Å²) in [6.45, 7) is 6.17. The minimum absolute atomic E-state index is 0.0914. The summed E-state index contributed by atoms with van der Waals surface area (Å²) in [4.78, 5) is 16.8. The molecule has 3 rings (SSSR count). The van der Waals surface area contributed by atoms with Crippen LogP contribution in [-0.4, -0.2) is 10.9 Å². The summed E-state index contributed by atoms with van der Waals surface area (Å²) in [7, 11) is 0. The monoisotopic (exact) mass is 416 g/mol. The molecule has 0 aliphatic rings. The molecule has 6 heteroatoms. The number of aryl methyl sites for hydroxylation is 3. The quantitative estimate of drug-likeness (QED) is 0.486. The number of benzene rings is 2. The number of anilines is 1. The Morgan fingerprint density at radius 3 is 2.70 bits per heavy atom. The summed E-state index contributed by atoms with van der Waals surface area (Å²) >= 11 is 9.39. The molecule has 140 valence electrons. The van der Waals surface area contributed by atoms with Gasteiger partial charge in [0.05, 0.1) is 12.1 Å². The third kappa shape index (κ3) is 5.58. The molecule has 0 fully saturated rings. The third-order valence-corrected chi connectivity index (χ3v) is 6.71. The summed E-state index contributed by atoms with van der Waals surface area (Å²) in [5.41, 5.74) is 6.37. The number of nitrogens with zero attached hydrogens (tertiary/aromatic N) is 1. The van der Waals surface area contributed by atoms with E-state index in [1.54, 1.807) is 29.2 Å². The maximum Gasteiger partial charge on any atom is 0.230 e. The predicted molar refractivity (Wildman–Crippen MR) is 116 cm³/mol. The van der Waals surface area contributed by atoms with Gasteiger partial charge in [0.2, 0.25) is 5.91 Å². The van der Waals surface area contributed by atoms with Crippen LogP contribution in [0.15, 0.2) is 46.1 Å². The number of thiazole rings is 1. The van der Waals surface area contributed by atoms with E-state index >= 15 is 0 Å². The van der Waals surface area contributed by atoms with Crippen molar-refractivity contribution in [2.45, 2.75) is 37.3 Å². The molecule has 1 N–H and O–H groups in total. The van der Waals surface area contributed by atoms with E-state index in [0.717, 1.165) is 21.3 Å². The van der Waals surface area contributed by atoms with Gasteiger partial charge in [0.15, 0.2) is 0 Å². The van der Waals surface area contributed by atoms with Crippen molar-refractivity contribution >= 4 is 46.3 Å². The van der Waals surface area contributed by atoms with E-state index in [1.807, 2.05) is 24.4 Å². The van der Waals surface area contributed by atoms with Crippen molar-refractivity contribution in [3.63, 3.8) is 0 Å². The Balaban J connectivity index is 1.56. The number of nitrogens with one attached hydrogen (secondary N) is 1. The van der Waals surface area contributed by atoms with Gasteiger partial charge < -0.3 is 5.32 Å². The van der Waals surface area contributed by atoms with E-state index in [-0.39, 0.29) is 12.3 Å². The fourth-order valence-electron chi connectivity index (χ4n) is 2.57. The number of halogens is 1. The van der Waals surface area contributed by atoms with E-state index in [2.05, 4.69) is 42.3 Å². The third-order valence-electron chi connectivity index (χ3n) is 4.18. The molecule has 0 aliphatic carbocycles. The van der Waals surface area contributed by atoms with Crippen molar-refractivity contribution in [1.29, 1.82) is 0 Å². The average molecular weight is 417 g/mol. The molecule has 0 radical (unpaired) electrons. The molecule has 2 aromatic carbocycles. The number of thioether (sulfide) groups is 1. The molecule has 0 atom stereocenters. The standard InChI is InChI=1S/C21H21ClN2OS2/c1-13-4-5-14(2)16(8-13)11-26-21-24-18(12-27-21)10-20(25)23-17-7-6-15(3)19(22)9-17/h4-9,12H,10-11H2,1-3H3,(H,23,25). The Kier molecular flexibility index (Phi) is 6.58. The first-order chi connectivity index (χ1) is 12.9. The van der Waals surface area contributed by atoms with Gasteiger partial charge in [-0.15, -0.1) is 11.3 Å². The van der Waals surface area contributed by atoms with Crippen molar-refractivity contribution in [1.82, 2.24) is 4.98 Å². The summed E-state index contributed by atoms with van der Waals surface area (Å²) in [6, 6.07) is 12.0. The largest absolute Gasteiger partial charge is 0.326 e. The number of hydrogen-bond acceptors (Lipinski definition) is 4. The van der Waals surface area contributed by atoms with E-state index in [0.29, 0.717) is 10.7 Å². The van der Waals surface area contributed by atoms with E-state index < -0.39 is 0 Å². The molecular formula is C21H21ClN2OS2. The highest BCUT2D eigenvalue weighted by Gasteiger charge is 2.10. The van der Waals surface area contributed by atoms with Crippen molar-refractivity contribution in [3.8, 4) is 0 Å². The molecular weight excluding hydrogens is 396 g/mol. The summed E-state index contributed by atoms with van der Waals surface area (Å²) < 4.78 is 0.983. The molecule has 0 saturated heterocycles. The van der Waals surface area contributed by atoms with Crippen LogP contribution in [0.25, 0.3) is 0 Å². The molecule has 0 unspecified atom stereocenters. The number of carbonyl (C=O) groups is 1. The van der Waals surface area contributed by atoms with Crippen LogP contribution in [0.3, 0.4) is 0 Å². The van der Waals surface area contributed by atoms with Gasteiger partial charge in [0, 0.05) is 21.8 Å². The SMILES string of the molecule is Cc1ccc(C)c(CSc2nc(CC(=O)Nc3ccc(C)c(Cl)c3)cs2)c1. The number of aromatic nitrogens is 1. The van der Waals surface area contributed by atoms with Crippen LogP contribution in [0, 0.1) is 20.8 Å². The summed E-state index contributed by atoms with van der Waals surface area (Å²) in [5, 5.41) is 5.47. The van der Waals surface area contributed by atoms with Crippen LogP contribution in [-0.2, 0) is 17.0 Å². The van der Waals surface area contributed by atoms with E-state index in [9.17, 15) is 4.79 Å². The Morgan fingerprint density at radius 1 is 1.15 bits per heavy atom.